The molecular weight excluding hydrogens is 333 g/mol. The zero-order chi connectivity index (χ0) is 18.5. The van der Waals surface area contributed by atoms with Gasteiger partial charge in [0.05, 0.1) is 17.6 Å². The molecule has 0 radical (unpaired) electrons. The molecule has 0 bridgehead atoms. The fraction of sp³-hybridized carbons (Fsp3) is 0.250. The van der Waals surface area contributed by atoms with Gasteiger partial charge in [-0.15, -0.1) is 0 Å². The molecule has 1 unspecified atom stereocenters. The second-order valence-electron chi connectivity index (χ2n) is 6.30. The molecular formula is C20H18FN3O2. The van der Waals surface area contributed by atoms with Gasteiger partial charge in [-0.05, 0) is 48.4 Å². The van der Waals surface area contributed by atoms with Crippen molar-refractivity contribution >= 4 is 17.5 Å². The van der Waals surface area contributed by atoms with Gasteiger partial charge in [0.2, 0.25) is 11.8 Å². The van der Waals surface area contributed by atoms with Gasteiger partial charge in [-0.25, -0.2) is 4.39 Å². The van der Waals surface area contributed by atoms with Gasteiger partial charge in [0.15, 0.2) is 0 Å². The second kappa shape index (κ2) is 7.79. The monoisotopic (exact) mass is 351 g/mol. The molecule has 3 rings (SSSR count). The number of rotatable bonds is 5. The molecule has 1 aliphatic rings. The van der Waals surface area contributed by atoms with Crippen LogP contribution < -0.4 is 5.32 Å². The van der Waals surface area contributed by atoms with Crippen LogP contribution in [0.1, 0.15) is 17.5 Å². The molecule has 132 valence electrons. The molecule has 1 N–H and O–H groups in total. The van der Waals surface area contributed by atoms with Crippen molar-refractivity contribution in [3.05, 3.63) is 65.5 Å². The van der Waals surface area contributed by atoms with Crippen molar-refractivity contribution in [1.82, 2.24) is 4.90 Å². The molecule has 1 aliphatic heterocycles. The molecule has 0 saturated carbocycles. The lowest BCUT2D eigenvalue weighted by molar-refractivity contribution is -0.128. The Hall–Kier alpha value is -3.20. The van der Waals surface area contributed by atoms with Crippen molar-refractivity contribution in [3.63, 3.8) is 0 Å². The molecule has 6 heteroatoms. The van der Waals surface area contributed by atoms with Gasteiger partial charge in [-0.2, -0.15) is 5.26 Å². The van der Waals surface area contributed by atoms with Crippen LogP contribution in [0.2, 0.25) is 0 Å². The van der Waals surface area contributed by atoms with Crippen LogP contribution in [0.4, 0.5) is 10.1 Å². The topological polar surface area (TPSA) is 73.2 Å². The lowest BCUT2D eigenvalue weighted by Gasteiger charge is -2.16. The number of nitriles is 1. The van der Waals surface area contributed by atoms with E-state index in [2.05, 4.69) is 5.32 Å². The summed E-state index contributed by atoms with van der Waals surface area (Å²) >= 11 is 0. The van der Waals surface area contributed by atoms with E-state index in [0.29, 0.717) is 30.8 Å². The van der Waals surface area contributed by atoms with Gasteiger partial charge in [0.1, 0.15) is 5.82 Å². The zero-order valence-electron chi connectivity index (χ0n) is 14.1. The van der Waals surface area contributed by atoms with Crippen LogP contribution in [-0.2, 0) is 16.0 Å². The lowest BCUT2D eigenvalue weighted by atomic mass is 10.1. The first-order chi connectivity index (χ1) is 12.5. The minimum Gasteiger partial charge on any atom is -0.342 e. The summed E-state index contributed by atoms with van der Waals surface area (Å²) in [5, 5.41) is 11.6. The highest BCUT2D eigenvalue weighted by Gasteiger charge is 2.33. The van der Waals surface area contributed by atoms with Crippen molar-refractivity contribution in [1.29, 1.82) is 5.26 Å². The summed E-state index contributed by atoms with van der Waals surface area (Å²) < 4.78 is 12.9. The van der Waals surface area contributed by atoms with Gasteiger partial charge >= 0.3 is 0 Å². The third-order valence-electron chi connectivity index (χ3n) is 4.45. The molecule has 1 saturated heterocycles. The van der Waals surface area contributed by atoms with E-state index in [-0.39, 0.29) is 24.1 Å². The summed E-state index contributed by atoms with van der Waals surface area (Å²) in [6, 6.07) is 14.8. The van der Waals surface area contributed by atoms with E-state index < -0.39 is 5.92 Å². The summed E-state index contributed by atoms with van der Waals surface area (Å²) in [4.78, 5) is 26.2. The zero-order valence-corrected chi connectivity index (χ0v) is 14.1. The van der Waals surface area contributed by atoms with E-state index in [9.17, 15) is 14.0 Å². The van der Waals surface area contributed by atoms with Crippen LogP contribution >= 0.6 is 0 Å². The van der Waals surface area contributed by atoms with E-state index >= 15 is 0 Å². The van der Waals surface area contributed by atoms with Crippen LogP contribution in [0.3, 0.4) is 0 Å². The predicted octanol–water partition coefficient (Wildman–Crippen LogP) is 2.73. The van der Waals surface area contributed by atoms with Gasteiger partial charge in [0.25, 0.3) is 0 Å². The lowest BCUT2D eigenvalue weighted by Crippen LogP contribution is -2.30. The number of carbonyl (C=O) groups is 2. The summed E-state index contributed by atoms with van der Waals surface area (Å²) in [5.41, 5.74) is 2.07. The second-order valence-corrected chi connectivity index (χ2v) is 6.30. The standard InChI is InChI=1S/C20H18FN3O2/c21-17-5-1-14(2-6-17)9-10-24-13-16(11-19(24)25)20(26)23-18-7-3-15(12-22)4-8-18/h1-8,16H,9-11,13H2,(H,23,26). The summed E-state index contributed by atoms with van der Waals surface area (Å²) in [6.45, 7) is 0.882. The maximum absolute atomic E-state index is 12.9. The number of hydrogen-bond donors (Lipinski definition) is 1. The smallest absolute Gasteiger partial charge is 0.229 e. The summed E-state index contributed by atoms with van der Waals surface area (Å²) in [7, 11) is 0. The van der Waals surface area contributed by atoms with Gasteiger partial charge < -0.3 is 10.2 Å². The quantitative estimate of drug-likeness (QED) is 0.900. The number of nitrogens with zero attached hydrogens (tertiary/aromatic N) is 2. The van der Waals surface area contributed by atoms with Gasteiger partial charge in [-0.1, -0.05) is 12.1 Å². The number of carbonyl (C=O) groups excluding carboxylic acids is 2. The fourth-order valence-electron chi connectivity index (χ4n) is 2.95. The molecule has 2 aromatic rings. The first-order valence-electron chi connectivity index (χ1n) is 8.38. The van der Waals surface area contributed by atoms with Crippen LogP contribution in [0.25, 0.3) is 0 Å². The Morgan fingerprint density at radius 1 is 1.19 bits per heavy atom. The largest absolute Gasteiger partial charge is 0.342 e. The third kappa shape index (κ3) is 4.25. The number of likely N-dealkylation sites (tertiary alicyclic amines) is 1. The van der Waals surface area contributed by atoms with Crippen molar-refractivity contribution in [2.75, 3.05) is 18.4 Å². The molecule has 0 aromatic heterocycles. The Bertz CT molecular complexity index is 841. The number of nitrogens with one attached hydrogen (secondary N) is 1. The molecule has 1 atom stereocenters. The number of hydrogen-bond acceptors (Lipinski definition) is 3. The number of anilines is 1. The summed E-state index contributed by atoms with van der Waals surface area (Å²) in [5.74, 6) is -0.934. The number of halogens is 1. The van der Waals surface area contributed by atoms with Crippen LogP contribution in [0, 0.1) is 23.1 Å². The van der Waals surface area contributed by atoms with Crippen molar-refractivity contribution in [3.8, 4) is 6.07 Å². The maximum Gasteiger partial charge on any atom is 0.229 e. The van der Waals surface area contributed by atoms with E-state index in [1.54, 1.807) is 41.3 Å². The number of benzene rings is 2. The molecule has 0 spiro atoms. The maximum atomic E-state index is 12.9. The van der Waals surface area contributed by atoms with Gasteiger partial charge in [0, 0.05) is 25.2 Å². The van der Waals surface area contributed by atoms with Crippen LogP contribution in [-0.4, -0.2) is 29.8 Å². The van der Waals surface area contributed by atoms with Crippen LogP contribution in [0.15, 0.2) is 48.5 Å². The van der Waals surface area contributed by atoms with Crippen molar-refractivity contribution in [2.24, 2.45) is 5.92 Å². The average molecular weight is 351 g/mol. The molecule has 2 aromatic carbocycles. The molecule has 5 nitrogen and oxygen atoms in total. The van der Waals surface area contributed by atoms with Crippen LogP contribution in [0.5, 0.6) is 0 Å². The Morgan fingerprint density at radius 3 is 2.54 bits per heavy atom. The predicted molar refractivity (Wildman–Crippen MR) is 94.6 cm³/mol. The Labute approximate surface area is 151 Å². The van der Waals surface area contributed by atoms with E-state index in [0.717, 1.165) is 5.56 Å². The fourth-order valence-corrected chi connectivity index (χ4v) is 2.95. The highest BCUT2D eigenvalue weighted by molar-refractivity contribution is 5.97. The molecule has 26 heavy (non-hydrogen) atoms. The normalized spacial score (nSPS) is 16.4. The first-order valence-corrected chi connectivity index (χ1v) is 8.38. The van der Waals surface area contributed by atoms with E-state index in [4.69, 9.17) is 5.26 Å². The molecule has 0 aliphatic carbocycles. The average Bonchev–Trinajstić information content (AvgIpc) is 3.03. The SMILES string of the molecule is N#Cc1ccc(NC(=O)C2CC(=O)N(CCc3ccc(F)cc3)C2)cc1. The number of amides is 2. The third-order valence-corrected chi connectivity index (χ3v) is 4.45. The Balaban J connectivity index is 1.53. The highest BCUT2D eigenvalue weighted by atomic mass is 19.1. The Kier molecular flexibility index (Phi) is 5.28. The minimum atomic E-state index is -0.397. The van der Waals surface area contributed by atoms with E-state index in [1.165, 1.54) is 12.1 Å². The van der Waals surface area contributed by atoms with Crippen molar-refractivity contribution in [2.45, 2.75) is 12.8 Å². The van der Waals surface area contributed by atoms with E-state index in [1.807, 2.05) is 6.07 Å². The first kappa shape index (κ1) is 17.6. The minimum absolute atomic E-state index is 0.0490. The molecule has 2 amide bonds. The molecule has 1 fully saturated rings. The van der Waals surface area contributed by atoms with Gasteiger partial charge in [-0.3, -0.25) is 9.59 Å². The molecule has 1 heterocycles. The highest BCUT2D eigenvalue weighted by Crippen LogP contribution is 2.20. The van der Waals surface area contributed by atoms with Crippen molar-refractivity contribution < 1.29 is 14.0 Å². The Morgan fingerprint density at radius 2 is 1.88 bits per heavy atom. The summed E-state index contributed by atoms with van der Waals surface area (Å²) in [6.07, 6.45) is 0.807.